The summed E-state index contributed by atoms with van der Waals surface area (Å²) in [5, 5.41) is 0. The van der Waals surface area contributed by atoms with E-state index >= 15 is 0 Å². The van der Waals surface area contributed by atoms with Crippen LogP contribution in [0.25, 0.3) is 0 Å². The van der Waals surface area contributed by atoms with E-state index in [4.69, 9.17) is 9.31 Å². The minimum absolute atomic E-state index is 0.154. The van der Waals surface area contributed by atoms with Crippen molar-refractivity contribution in [2.45, 2.75) is 64.6 Å². The molecule has 0 radical (unpaired) electrons. The first-order chi connectivity index (χ1) is 9.21. The van der Waals surface area contributed by atoms with E-state index in [1.807, 2.05) is 0 Å². The fourth-order valence-electron chi connectivity index (χ4n) is 3.62. The Labute approximate surface area is 123 Å². The molecule has 20 heavy (non-hydrogen) atoms. The molecule has 3 aliphatic rings. The Bertz CT molecular complexity index is 396. The highest BCUT2D eigenvalue weighted by molar-refractivity contribution is 6.51. The Morgan fingerprint density at radius 1 is 1.00 bits per heavy atom. The van der Waals surface area contributed by atoms with Crippen molar-refractivity contribution in [3.05, 3.63) is 11.5 Å². The Balaban J connectivity index is 1.58. The number of rotatable bonds is 1. The molecule has 0 unspecified atom stereocenters. The van der Waals surface area contributed by atoms with Crippen LogP contribution >= 0.6 is 0 Å². The van der Waals surface area contributed by atoms with Crippen molar-refractivity contribution in [1.82, 2.24) is 4.90 Å². The van der Waals surface area contributed by atoms with E-state index in [9.17, 15) is 0 Å². The van der Waals surface area contributed by atoms with Crippen molar-refractivity contribution in [3.8, 4) is 0 Å². The van der Waals surface area contributed by atoms with E-state index in [1.165, 1.54) is 44.3 Å². The summed E-state index contributed by atoms with van der Waals surface area (Å²) in [4.78, 5) is 2.45. The number of nitrogens with zero attached hydrogens (tertiary/aromatic N) is 1. The minimum Gasteiger partial charge on any atom is -0.400 e. The smallest absolute Gasteiger partial charge is 0.400 e. The maximum atomic E-state index is 6.06. The van der Waals surface area contributed by atoms with Crippen LogP contribution in [-0.4, -0.2) is 43.4 Å². The van der Waals surface area contributed by atoms with Crippen LogP contribution in [0.15, 0.2) is 11.5 Å². The Kier molecular flexibility index (Phi) is 3.35. The van der Waals surface area contributed by atoms with Crippen molar-refractivity contribution < 1.29 is 9.31 Å². The molecule has 0 N–H and O–H groups in total. The predicted molar refractivity (Wildman–Crippen MR) is 82.6 cm³/mol. The van der Waals surface area contributed by atoms with Crippen molar-refractivity contribution in [1.29, 1.82) is 0 Å². The van der Waals surface area contributed by atoms with Crippen LogP contribution in [-0.2, 0) is 9.31 Å². The van der Waals surface area contributed by atoms with E-state index in [1.54, 1.807) is 0 Å². The van der Waals surface area contributed by atoms with Gasteiger partial charge in [-0.1, -0.05) is 11.5 Å². The second kappa shape index (κ2) is 4.59. The maximum absolute atomic E-state index is 6.06. The molecule has 2 heterocycles. The van der Waals surface area contributed by atoms with Gasteiger partial charge in [-0.3, -0.25) is 0 Å². The molecular formula is C16H28BNO2. The van der Waals surface area contributed by atoms with Crippen molar-refractivity contribution in [3.63, 3.8) is 0 Å². The van der Waals surface area contributed by atoms with Crippen LogP contribution in [0, 0.1) is 5.41 Å². The van der Waals surface area contributed by atoms with E-state index < -0.39 is 0 Å². The summed E-state index contributed by atoms with van der Waals surface area (Å²) < 4.78 is 12.1. The second-order valence-corrected chi connectivity index (χ2v) is 8.11. The molecule has 3 rings (SSSR count). The fourth-order valence-corrected chi connectivity index (χ4v) is 3.62. The summed E-state index contributed by atoms with van der Waals surface area (Å²) in [5.41, 5.74) is 1.70. The first-order valence-electron chi connectivity index (χ1n) is 7.95. The first-order valence-corrected chi connectivity index (χ1v) is 7.95. The number of piperidine rings is 1. The van der Waals surface area contributed by atoms with Crippen LogP contribution in [0.3, 0.4) is 0 Å². The Morgan fingerprint density at radius 2 is 1.50 bits per heavy atom. The molecule has 0 aromatic rings. The third-order valence-electron chi connectivity index (χ3n) is 5.90. The number of hydrogen-bond donors (Lipinski definition) is 0. The van der Waals surface area contributed by atoms with E-state index in [0.29, 0.717) is 5.41 Å². The molecule has 3 nitrogen and oxygen atoms in total. The van der Waals surface area contributed by atoms with Gasteiger partial charge in [0.15, 0.2) is 0 Å². The molecule has 0 amide bonds. The molecule has 1 aliphatic carbocycles. The quantitative estimate of drug-likeness (QED) is 0.688. The normalized spacial score (nSPS) is 31.4. The molecule has 0 bridgehead atoms. The molecule has 112 valence electrons. The van der Waals surface area contributed by atoms with E-state index in [2.05, 4.69) is 45.6 Å². The van der Waals surface area contributed by atoms with Crippen LogP contribution in [0.1, 0.15) is 53.4 Å². The average molecular weight is 277 g/mol. The standard InChI is InChI=1S/C16H28BNO2/c1-14(2)15(3,4)20-17(19-14)12-13-10-16(11-13)6-8-18(5)9-7-16/h12H,6-11H2,1-5H3. The lowest BCUT2D eigenvalue weighted by atomic mass is 9.59. The molecule has 2 aliphatic heterocycles. The molecule has 1 spiro atoms. The highest BCUT2D eigenvalue weighted by Crippen LogP contribution is 2.52. The summed E-state index contributed by atoms with van der Waals surface area (Å²) >= 11 is 0. The maximum Gasteiger partial charge on any atom is 0.487 e. The SMILES string of the molecule is CN1CCC2(CC1)CC(=CB1OC(C)(C)C(C)(C)O1)C2. The molecule has 0 aromatic carbocycles. The second-order valence-electron chi connectivity index (χ2n) is 8.11. The van der Waals surface area contributed by atoms with Gasteiger partial charge in [-0.2, -0.15) is 0 Å². The van der Waals surface area contributed by atoms with Crippen molar-refractivity contribution in [2.75, 3.05) is 20.1 Å². The number of likely N-dealkylation sites (tertiary alicyclic amines) is 1. The fraction of sp³-hybridized carbons (Fsp3) is 0.875. The zero-order chi connectivity index (χ0) is 14.6. The van der Waals surface area contributed by atoms with Crippen molar-refractivity contribution >= 4 is 7.12 Å². The van der Waals surface area contributed by atoms with E-state index in [0.717, 1.165) is 0 Å². The van der Waals surface area contributed by atoms with Gasteiger partial charge in [-0.05, 0) is 78.9 Å². The van der Waals surface area contributed by atoms with Crippen LogP contribution in [0.4, 0.5) is 0 Å². The topological polar surface area (TPSA) is 21.7 Å². The predicted octanol–water partition coefficient (Wildman–Crippen LogP) is 3.05. The largest absolute Gasteiger partial charge is 0.487 e. The summed E-state index contributed by atoms with van der Waals surface area (Å²) in [7, 11) is 2.07. The zero-order valence-corrected chi connectivity index (χ0v) is 13.7. The molecule has 3 fully saturated rings. The zero-order valence-electron chi connectivity index (χ0n) is 13.7. The van der Waals surface area contributed by atoms with Gasteiger partial charge in [0.2, 0.25) is 0 Å². The third-order valence-corrected chi connectivity index (χ3v) is 5.90. The Morgan fingerprint density at radius 3 is 2.00 bits per heavy atom. The van der Waals surface area contributed by atoms with Crippen LogP contribution in [0.2, 0.25) is 0 Å². The van der Waals surface area contributed by atoms with E-state index in [-0.39, 0.29) is 18.3 Å². The van der Waals surface area contributed by atoms with Gasteiger partial charge in [0, 0.05) is 0 Å². The highest BCUT2D eigenvalue weighted by Gasteiger charge is 2.51. The number of allylic oxidation sites excluding steroid dienone is 1. The summed E-state index contributed by atoms with van der Waals surface area (Å²) in [6, 6.07) is 0. The lowest BCUT2D eigenvalue weighted by Gasteiger charge is -2.49. The minimum atomic E-state index is -0.219. The van der Waals surface area contributed by atoms with Crippen LogP contribution in [0.5, 0.6) is 0 Å². The van der Waals surface area contributed by atoms with Gasteiger partial charge in [-0.25, -0.2) is 0 Å². The molecular weight excluding hydrogens is 249 g/mol. The van der Waals surface area contributed by atoms with Gasteiger partial charge < -0.3 is 14.2 Å². The average Bonchev–Trinajstić information content (AvgIpc) is 2.48. The van der Waals surface area contributed by atoms with Crippen molar-refractivity contribution in [2.24, 2.45) is 5.41 Å². The number of hydrogen-bond acceptors (Lipinski definition) is 3. The molecule has 1 saturated carbocycles. The van der Waals surface area contributed by atoms with Gasteiger partial charge >= 0.3 is 7.12 Å². The highest BCUT2D eigenvalue weighted by atomic mass is 16.7. The summed E-state index contributed by atoms with van der Waals surface area (Å²) in [6.45, 7) is 11.0. The van der Waals surface area contributed by atoms with Gasteiger partial charge in [0.1, 0.15) is 0 Å². The lowest BCUT2D eigenvalue weighted by Crippen LogP contribution is -2.43. The first kappa shape index (κ1) is 14.6. The monoisotopic (exact) mass is 277 g/mol. The van der Waals surface area contributed by atoms with Gasteiger partial charge in [-0.15, -0.1) is 0 Å². The third kappa shape index (κ3) is 2.47. The Hall–Kier alpha value is -0.315. The van der Waals surface area contributed by atoms with Crippen LogP contribution < -0.4 is 0 Å². The summed E-state index contributed by atoms with van der Waals surface area (Å²) in [6.07, 6.45) is 5.21. The molecule has 0 aromatic heterocycles. The molecule has 4 heteroatoms. The molecule has 2 saturated heterocycles. The van der Waals surface area contributed by atoms with Gasteiger partial charge in [0.05, 0.1) is 11.2 Å². The van der Waals surface area contributed by atoms with Gasteiger partial charge in [0.25, 0.3) is 0 Å². The molecule has 0 atom stereocenters. The lowest BCUT2D eigenvalue weighted by molar-refractivity contribution is 0.00578. The summed E-state index contributed by atoms with van der Waals surface area (Å²) in [5.74, 6) is 2.24.